The first-order valence-electron chi connectivity index (χ1n) is 5.83. The predicted molar refractivity (Wildman–Crippen MR) is 68.3 cm³/mol. The Morgan fingerprint density at radius 1 is 1.13 bits per heavy atom. The van der Waals surface area contributed by atoms with E-state index in [1.807, 2.05) is 11.3 Å². The third-order valence-corrected chi connectivity index (χ3v) is 3.73. The summed E-state index contributed by atoms with van der Waals surface area (Å²) in [6, 6.07) is 4.39. The quantitative estimate of drug-likeness (QED) is 0.626. The molecule has 0 unspecified atom stereocenters. The normalized spacial score (nSPS) is 15.3. The summed E-state index contributed by atoms with van der Waals surface area (Å²) in [7, 11) is 0. The first-order valence-corrected chi connectivity index (χ1v) is 6.71. The topological polar surface area (TPSA) is 0 Å². The van der Waals surface area contributed by atoms with Gasteiger partial charge in [-0.05, 0) is 50.0 Å². The van der Waals surface area contributed by atoms with Crippen molar-refractivity contribution in [3.8, 4) is 0 Å². The van der Waals surface area contributed by atoms with Gasteiger partial charge in [0.25, 0.3) is 0 Å². The van der Waals surface area contributed by atoms with Crippen molar-refractivity contribution in [1.82, 2.24) is 0 Å². The predicted octanol–water partition coefficient (Wildman–Crippen LogP) is 4.74. The van der Waals surface area contributed by atoms with Crippen molar-refractivity contribution in [1.29, 1.82) is 0 Å². The number of allylic oxidation sites excluding steroid dienone is 4. The zero-order valence-corrected chi connectivity index (χ0v) is 9.93. The lowest BCUT2D eigenvalue weighted by atomic mass is 10.0. The van der Waals surface area contributed by atoms with Crippen molar-refractivity contribution in [3.05, 3.63) is 46.2 Å². The van der Waals surface area contributed by atoms with E-state index in [4.69, 9.17) is 0 Å². The van der Waals surface area contributed by atoms with Crippen molar-refractivity contribution in [2.45, 2.75) is 38.5 Å². The van der Waals surface area contributed by atoms with Crippen LogP contribution in [0.15, 0.2) is 41.3 Å². The van der Waals surface area contributed by atoms with Gasteiger partial charge in [-0.3, -0.25) is 0 Å². The lowest BCUT2D eigenvalue weighted by Gasteiger charge is -2.06. The van der Waals surface area contributed by atoms with Crippen molar-refractivity contribution in [2.75, 3.05) is 0 Å². The molecule has 0 amide bonds. The van der Waals surface area contributed by atoms with Crippen LogP contribution in [0.3, 0.4) is 0 Å². The Morgan fingerprint density at radius 3 is 2.80 bits per heavy atom. The molecule has 0 saturated heterocycles. The van der Waals surface area contributed by atoms with E-state index >= 15 is 0 Å². The summed E-state index contributed by atoms with van der Waals surface area (Å²) in [4.78, 5) is 1.53. The van der Waals surface area contributed by atoms with Gasteiger partial charge in [0.15, 0.2) is 0 Å². The van der Waals surface area contributed by atoms with Gasteiger partial charge in [-0.25, -0.2) is 0 Å². The molecule has 1 aromatic rings. The Labute approximate surface area is 96.3 Å². The van der Waals surface area contributed by atoms with Gasteiger partial charge in [-0.1, -0.05) is 29.9 Å². The van der Waals surface area contributed by atoms with Crippen LogP contribution >= 0.6 is 11.3 Å². The first kappa shape index (κ1) is 10.7. The third kappa shape index (κ3) is 3.67. The fourth-order valence-electron chi connectivity index (χ4n) is 1.94. The average Bonchev–Trinajstić information content (AvgIpc) is 2.79. The Kier molecular flexibility index (Phi) is 4.22. The van der Waals surface area contributed by atoms with Crippen LogP contribution in [0.1, 0.15) is 37.0 Å². The molecule has 0 nitrogen and oxygen atoms in total. The highest BCUT2D eigenvalue weighted by atomic mass is 32.1. The largest absolute Gasteiger partial charge is 0.149 e. The first-order chi connectivity index (χ1) is 7.45. The molecule has 0 bridgehead atoms. The molecular formula is C14H18S. The number of hydrogen-bond acceptors (Lipinski definition) is 1. The minimum absolute atomic E-state index is 1.23. The van der Waals surface area contributed by atoms with E-state index in [2.05, 4.69) is 35.7 Å². The van der Waals surface area contributed by atoms with E-state index in [-0.39, 0.29) is 0 Å². The van der Waals surface area contributed by atoms with Gasteiger partial charge in [-0.2, -0.15) is 0 Å². The molecule has 1 aliphatic rings. The molecule has 1 aromatic heterocycles. The second-order valence-corrected chi connectivity index (χ2v) is 5.08. The Bertz CT molecular complexity index is 330. The summed E-state index contributed by atoms with van der Waals surface area (Å²) in [5.41, 5.74) is 1.55. The molecule has 1 aliphatic carbocycles. The van der Waals surface area contributed by atoms with E-state index < -0.39 is 0 Å². The van der Waals surface area contributed by atoms with Crippen molar-refractivity contribution in [2.24, 2.45) is 0 Å². The van der Waals surface area contributed by atoms with Crippen LogP contribution in [-0.2, 0) is 6.42 Å². The minimum Gasteiger partial charge on any atom is -0.149 e. The molecule has 0 aromatic carbocycles. The van der Waals surface area contributed by atoms with Crippen LogP contribution in [0.4, 0.5) is 0 Å². The van der Waals surface area contributed by atoms with Gasteiger partial charge in [0.1, 0.15) is 0 Å². The number of rotatable bonds is 5. The molecule has 0 atom stereocenters. The van der Waals surface area contributed by atoms with Crippen LogP contribution in [0.25, 0.3) is 0 Å². The highest BCUT2D eigenvalue weighted by molar-refractivity contribution is 7.09. The van der Waals surface area contributed by atoms with Crippen LogP contribution < -0.4 is 0 Å². The van der Waals surface area contributed by atoms with Gasteiger partial charge in [0.2, 0.25) is 0 Å². The highest BCUT2D eigenvalue weighted by Crippen LogP contribution is 2.18. The second kappa shape index (κ2) is 5.92. The van der Waals surface area contributed by atoms with E-state index in [1.54, 1.807) is 5.57 Å². The molecule has 15 heavy (non-hydrogen) atoms. The summed E-state index contributed by atoms with van der Waals surface area (Å²) in [5.74, 6) is 0. The molecule has 2 rings (SSSR count). The maximum Gasteiger partial charge on any atom is 0.00452 e. The molecule has 80 valence electrons. The van der Waals surface area contributed by atoms with Crippen molar-refractivity contribution < 1.29 is 0 Å². The molecule has 0 saturated carbocycles. The van der Waals surface area contributed by atoms with Gasteiger partial charge >= 0.3 is 0 Å². The van der Waals surface area contributed by atoms with E-state index in [0.29, 0.717) is 0 Å². The number of thiophene rings is 1. The monoisotopic (exact) mass is 218 g/mol. The van der Waals surface area contributed by atoms with Gasteiger partial charge in [-0.15, -0.1) is 11.3 Å². The van der Waals surface area contributed by atoms with E-state index in [1.165, 1.54) is 43.4 Å². The Hall–Kier alpha value is -0.820. The highest BCUT2D eigenvalue weighted by Gasteiger charge is 1.98. The van der Waals surface area contributed by atoms with E-state index in [9.17, 15) is 0 Å². The zero-order valence-electron chi connectivity index (χ0n) is 9.11. The second-order valence-electron chi connectivity index (χ2n) is 4.05. The molecular weight excluding hydrogens is 200 g/mol. The molecule has 0 fully saturated rings. The molecule has 0 spiro atoms. The fraction of sp³-hybridized carbons (Fsp3) is 0.429. The molecule has 0 N–H and O–H groups in total. The number of unbranched alkanes of at least 4 members (excludes halogenated alkanes) is 1. The number of hydrogen-bond donors (Lipinski definition) is 0. The van der Waals surface area contributed by atoms with Crippen LogP contribution in [-0.4, -0.2) is 0 Å². The maximum absolute atomic E-state index is 2.39. The molecule has 1 heterocycles. The maximum atomic E-state index is 2.39. The molecule has 0 radical (unpaired) electrons. The average molecular weight is 218 g/mol. The van der Waals surface area contributed by atoms with Crippen molar-refractivity contribution >= 4 is 11.3 Å². The summed E-state index contributed by atoms with van der Waals surface area (Å²) in [6.07, 6.45) is 14.7. The molecule has 1 heteroatoms. The summed E-state index contributed by atoms with van der Waals surface area (Å²) < 4.78 is 0. The lowest BCUT2D eigenvalue weighted by molar-refractivity contribution is 0.737. The summed E-state index contributed by atoms with van der Waals surface area (Å²) >= 11 is 1.88. The Morgan fingerprint density at radius 2 is 2.07 bits per heavy atom. The smallest absolute Gasteiger partial charge is 0.00452 e. The van der Waals surface area contributed by atoms with E-state index in [0.717, 1.165) is 0 Å². The minimum atomic E-state index is 1.23. The van der Waals surface area contributed by atoms with Crippen LogP contribution in [0.5, 0.6) is 0 Å². The standard InChI is InChI=1S/C14H18S/c1-2-7-13(8-3-1)9-4-5-10-14-11-6-12-15-14/h2,6-8,11-12H,1,3-5,9-10H2. The van der Waals surface area contributed by atoms with Gasteiger partial charge < -0.3 is 0 Å². The zero-order chi connectivity index (χ0) is 10.3. The van der Waals surface area contributed by atoms with Crippen LogP contribution in [0, 0.1) is 0 Å². The SMILES string of the molecule is C1=CC(CCCCc2cccs2)=CCC1. The summed E-state index contributed by atoms with van der Waals surface area (Å²) in [6.45, 7) is 0. The van der Waals surface area contributed by atoms with Crippen molar-refractivity contribution in [3.63, 3.8) is 0 Å². The summed E-state index contributed by atoms with van der Waals surface area (Å²) in [5, 5.41) is 2.17. The van der Waals surface area contributed by atoms with Gasteiger partial charge in [0, 0.05) is 4.88 Å². The Balaban J connectivity index is 1.63. The third-order valence-electron chi connectivity index (χ3n) is 2.79. The fourth-order valence-corrected chi connectivity index (χ4v) is 2.69. The lowest BCUT2D eigenvalue weighted by Crippen LogP contribution is -1.87. The van der Waals surface area contributed by atoms with Gasteiger partial charge in [0.05, 0.1) is 0 Å². The molecule has 0 aliphatic heterocycles. The number of aryl methyl sites for hydroxylation is 1. The van der Waals surface area contributed by atoms with Crippen LogP contribution in [0.2, 0.25) is 0 Å².